The summed E-state index contributed by atoms with van der Waals surface area (Å²) >= 11 is 0. The maximum absolute atomic E-state index is 13.2. The Morgan fingerprint density at radius 1 is 0.795 bits per heavy atom. The molecular weight excluding hydrogens is 552 g/mol. The van der Waals surface area contributed by atoms with Crippen LogP contribution in [-0.4, -0.2) is 48.9 Å². The number of allylic oxidation sites excluding steroid dienone is 1. The maximum Gasteiger partial charge on any atom is 0.328 e. The summed E-state index contributed by atoms with van der Waals surface area (Å²) in [5.74, 6) is 0.0289. The Labute approximate surface area is 259 Å². The van der Waals surface area contributed by atoms with Crippen molar-refractivity contribution in [3.8, 4) is 5.75 Å². The van der Waals surface area contributed by atoms with E-state index in [-0.39, 0.29) is 11.7 Å². The molecular formula is C37H38N2O5. The number of nitrogens with one attached hydrogen (secondary N) is 1. The number of hydrogen-bond acceptors (Lipinski definition) is 6. The zero-order chi connectivity index (χ0) is 31.3. The molecule has 0 heterocycles. The van der Waals surface area contributed by atoms with Crippen molar-refractivity contribution < 1.29 is 23.9 Å². The third kappa shape index (κ3) is 9.16. The number of anilines is 1. The van der Waals surface area contributed by atoms with E-state index < -0.39 is 12.0 Å². The average Bonchev–Trinajstić information content (AvgIpc) is 3.05. The molecule has 0 unspecified atom stereocenters. The number of ketones is 1. The molecule has 4 aromatic carbocycles. The fourth-order valence-corrected chi connectivity index (χ4v) is 4.72. The van der Waals surface area contributed by atoms with Gasteiger partial charge in [-0.2, -0.15) is 0 Å². The Balaban J connectivity index is 1.40. The highest BCUT2D eigenvalue weighted by molar-refractivity contribution is 6.12. The van der Waals surface area contributed by atoms with Crippen molar-refractivity contribution in [2.45, 2.75) is 32.9 Å². The number of rotatable bonds is 14. The van der Waals surface area contributed by atoms with Crippen molar-refractivity contribution in [2.75, 3.05) is 25.6 Å². The lowest BCUT2D eigenvalue weighted by Gasteiger charge is -2.22. The second-order valence-corrected chi connectivity index (χ2v) is 10.6. The van der Waals surface area contributed by atoms with Gasteiger partial charge in [-0.1, -0.05) is 90.5 Å². The van der Waals surface area contributed by atoms with Crippen molar-refractivity contribution in [3.05, 3.63) is 143 Å². The van der Waals surface area contributed by atoms with Crippen LogP contribution in [-0.2, 0) is 27.3 Å². The summed E-state index contributed by atoms with van der Waals surface area (Å²) in [4.78, 5) is 40.5. The third-order valence-corrected chi connectivity index (χ3v) is 6.96. The molecule has 7 nitrogen and oxygen atoms in total. The second-order valence-electron chi connectivity index (χ2n) is 10.6. The molecule has 4 rings (SSSR count). The van der Waals surface area contributed by atoms with Gasteiger partial charge in [-0.3, -0.25) is 9.59 Å². The van der Waals surface area contributed by atoms with Gasteiger partial charge in [0.25, 0.3) is 0 Å². The van der Waals surface area contributed by atoms with Crippen molar-refractivity contribution in [1.82, 2.24) is 4.90 Å². The molecule has 0 aliphatic heterocycles. The summed E-state index contributed by atoms with van der Waals surface area (Å²) in [6, 6.07) is 32.8. The molecule has 0 saturated carbocycles. The Hall–Kier alpha value is -5.17. The summed E-state index contributed by atoms with van der Waals surface area (Å²) in [7, 11) is 1.35. The van der Waals surface area contributed by atoms with Crippen LogP contribution < -0.4 is 10.1 Å². The molecule has 226 valence electrons. The molecule has 44 heavy (non-hydrogen) atoms. The molecule has 1 atom stereocenters. The lowest BCUT2D eigenvalue weighted by molar-refractivity contribution is -0.141. The first-order chi connectivity index (χ1) is 21.3. The minimum absolute atomic E-state index is 0.0544. The molecule has 0 fully saturated rings. The van der Waals surface area contributed by atoms with Crippen LogP contribution >= 0.6 is 0 Å². The van der Waals surface area contributed by atoms with E-state index >= 15 is 0 Å². The van der Waals surface area contributed by atoms with Crippen molar-refractivity contribution >= 4 is 23.3 Å². The van der Waals surface area contributed by atoms with Crippen LogP contribution in [0, 0.1) is 0 Å². The van der Waals surface area contributed by atoms with E-state index in [9.17, 15) is 14.4 Å². The molecule has 7 heteroatoms. The largest absolute Gasteiger partial charge is 0.492 e. The van der Waals surface area contributed by atoms with Crippen molar-refractivity contribution in [2.24, 2.45) is 0 Å². The highest BCUT2D eigenvalue weighted by atomic mass is 16.5. The number of nitrogens with zero attached hydrogens (tertiary/aromatic N) is 1. The number of esters is 1. The quantitative estimate of drug-likeness (QED) is 0.103. The highest BCUT2D eigenvalue weighted by Crippen LogP contribution is 2.22. The standard InChI is InChI=1S/C37H38N2O5/c1-27(2)24-35(40)39(26-29-12-6-4-7-13-29)22-23-44-31-20-18-28(19-21-31)25-34(37(42)43-3)38-33-17-11-10-16-32(33)36(41)30-14-8-5-9-15-30/h4-21,24,34,38H,22-23,25-26H2,1-3H3/t34-/m0/s1. The van der Waals surface area contributed by atoms with Crippen LogP contribution in [0.1, 0.15) is 40.9 Å². The van der Waals surface area contributed by atoms with Crippen LogP contribution in [0.4, 0.5) is 5.69 Å². The van der Waals surface area contributed by atoms with Crippen LogP contribution in [0.3, 0.4) is 0 Å². The molecule has 0 radical (unpaired) electrons. The fourth-order valence-electron chi connectivity index (χ4n) is 4.72. The molecule has 0 aromatic heterocycles. The van der Waals surface area contributed by atoms with Crippen LogP contribution in [0.25, 0.3) is 0 Å². The van der Waals surface area contributed by atoms with E-state index in [1.165, 1.54) is 7.11 Å². The molecule has 0 saturated heterocycles. The van der Waals surface area contributed by atoms with Gasteiger partial charge in [0.1, 0.15) is 18.4 Å². The van der Waals surface area contributed by atoms with Crippen molar-refractivity contribution in [1.29, 1.82) is 0 Å². The first kappa shape index (κ1) is 31.8. The lowest BCUT2D eigenvalue weighted by atomic mass is 10.00. The van der Waals surface area contributed by atoms with Gasteiger partial charge in [-0.05, 0) is 49.2 Å². The van der Waals surface area contributed by atoms with Gasteiger partial charge in [0.2, 0.25) is 5.91 Å². The smallest absolute Gasteiger partial charge is 0.328 e. The van der Waals surface area contributed by atoms with Gasteiger partial charge in [0, 0.05) is 35.9 Å². The first-order valence-electron chi connectivity index (χ1n) is 14.6. The van der Waals surface area contributed by atoms with E-state index in [4.69, 9.17) is 9.47 Å². The predicted molar refractivity (Wildman–Crippen MR) is 173 cm³/mol. The monoisotopic (exact) mass is 590 g/mol. The summed E-state index contributed by atoms with van der Waals surface area (Å²) in [5.41, 5.74) is 4.47. The molecule has 0 bridgehead atoms. The normalized spacial score (nSPS) is 11.2. The summed E-state index contributed by atoms with van der Waals surface area (Å²) in [6.45, 7) is 5.05. The van der Waals surface area contributed by atoms with E-state index in [2.05, 4.69) is 5.32 Å². The number of ether oxygens (including phenoxy) is 2. The van der Waals surface area contributed by atoms with E-state index in [0.29, 0.717) is 48.7 Å². The van der Waals surface area contributed by atoms with Crippen molar-refractivity contribution in [3.63, 3.8) is 0 Å². The Kier molecular flexibility index (Phi) is 11.5. The van der Waals surface area contributed by atoms with E-state index in [1.807, 2.05) is 92.7 Å². The molecule has 0 aliphatic carbocycles. The number of carbonyl (C=O) groups excluding carboxylic acids is 3. The second kappa shape index (κ2) is 15.9. The van der Waals surface area contributed by atoms with Gasteiger partial charge in [-0.15, -0.1) is 0 Å². The van der Waals surface area contributed by atoms with Crippen LogP contribution in [0.2, 0.25) is 0 Å². The minimum atomic E-state index is -0.718. The SMILES string of the molecule is COC(=O)[C@H](Cc1ccc(OCCN(Cc2ccccc2)C(=O)C=C(C)C)cc1)Nc1ccccc1C(=O)c1ccccc1. The van der Waals surface area contributed by atoms with E-state index in [1.54, 1.807) is 41.3 Å². The third-order valence-electron chi connectivity index (χ3n) is 6.96. The molecule has 1 N–H and O–H groups in total. The predicted octanol–water partition coefficient (Wildman–Crippen LogP) is 6.49. The molecule has 0 spiro atoms. The summed E-state index contributed by atoms with van der Waals surface area (Å²) in [5, 5.41) is 3.23. The van der Waals surface area contributed by atoms with Gasteiger partial charge in [-0.25, -0.2) is 4.79 Å². The van der Waals surface area contributed by atoms with Gasteiger partial charge >= 0.3 is 5.97 Å². The van der Waals surface area contributed by atoms with E-state index in [0.717, 1.165) is 16.7 Å². The average molecular weight is 591 g/mol. The Morgan fingerprint density at radius 3 is 2.09 bits per heavy atom. The Bertz CT molecular complexity index is 1560. The summed E-state index contributed by atoms with van der Waals surface area (Å²) in [6.07, 6.45) is 1.97. The zero-order valence-electron chi connectivity index (χ0n) is 25.4. The number of carbonyl (C=O) groups is 3. The van der Waals surface area contributed by atoms with Crippen LogP contribution in [0.15, 0.2) is 121 Å². The molecule has 1 amide bonds. The molecule has 0 aliphatic rings. The minimum Gasteiger partial charge on any atom is -0.492 e. The summed E-state index contributed by atoms with van der Waals surface area (Å²) < 4.78 is 11.1. The highest BCUT2D eigenvalue weighted by Gasteiger charge is 2.23. The van der Waals surface area contributed by atoms with Gasteiger partial charge < -0.3 is 19.7 Å². The van der Waals surface area contributed by atoms with Gasteiger partial charge in [0.05, 0.1) is 13.7 Å². The number of benzene rings is 4. The zero-order valence-corrected chi connectivity index (χ0v) is 25.4. The maximum atomic E-state index is 13.2. The number of methoxy groups -OCH3 is 1. The van der Waals surface area contributed by atoms with Crippen LogP contribution in [0.5, 0.6) is 5.75 Å². The number of para-hydroxylation sites is 1. The van der Waals surface area contributed by atoms with Gasteiger partial charge in [0.15, 0.2) is 5.78 Å². The number of amides is 1. The molecule has 4 aromatic rings. The fraction of sp³-hybridized carbons (Fsp3) is 0.216. The topological polar surface area (TPSA) is 84.9 Å². The lowest BCUT2D eigenvalue weighted by Crippen LogP contribution is -2.33. The first-order valence-corrected chi connectivity index (χ1v) is 14.6. The Morgan fingerprint density at radius 2 is 1.43 bits per heavy atom. The number of hydrogen-bond donors (Lipinski definition) is 1.